The second-order valence-corrected chi connectivity index (χ2v) is 4.41. The molecule has 1 heterocycles. The molecular weight excluding hydrogens is 238 g/mol. The van der Waals surface area contributed by atoms with E-state index in [0.29, 0.717) is 12.4 Å². The van der Waals surface area contributed by atoms with Gasteiger partial charge in [0.05, 0.1) is 12.6 Å². The van der Waals surface area contributed by atoms with E-state index in [-0.39, 0.29) is 6.04 Å². The maximum Gasteiger partial charge on any atom is 0.128 e. The summed E-state index contributed by atoms with van der Waals surface area (Å²) < 4.78 is 5.49. The van der Waals surface area contributed by atoms with Crippen LogP contribution in [0.5, 0.6) is 5.75 Å². The Kier molecular flexibility index (Phi) is 4.02. The first kappa shape index (κ1) is 13.4. The number of hydrogen-bond acceptors (Lipinski definition) is 4. The normalized spacial score (nSPS) is 12.2. The number of ether oxygens (including phenoxy) is 1. The Hall–Kier alpha value is -2.07. The minimum atomic E-state index is -0.297. The Labute approximate surface area is 113 Å². The predicted molar refractivity (Wildman–Crippen MR) is 77.0 cm³/mol. The fraction of sp³-hybridized carbons (Fsp3) is 0.267. The summed E-state index contributed by atoms with van der Waals surface area (Å²) in [5, 5.41) is 0. The van der Waals surface area contributed by atoms with Gasteiger partial charge in [-0.1, -0.05) is 12.1 Å². The molecule has 4 nitrogen and oxygen atoms in total. The average molecular weight is 257 g/mol. The lowest BCUT2D eigenvalue weighted by Gasteiger charge is -2.17. The van der Waals surface area contributed by atoms with Gasteiger partial charge in [-0.2, -0.15) is 0 Å². The van der Waals surface area contributed by atoms with Crippen molar-refractivity contribution < 1.29 is 4.74 Å². The molecule has 1 unspecified atom stereocenters. The number of pyridine rings is 1. The van der Waals surface area contributed by atoms with Crippen LogP contribution < -0.4 is 16.2 Å². The van der Waals surface area contributed by atoms with E-state index in [1.807, 2.05) is 44.2 Å². The fourth-order valence-corrected chi connectivity index (χ4v) is 2.13. The highest BCUT2D eigenvalue weighted by atomic mass is 16.5. The molecule has 1 aromatic carbocycles. The van der Waals surface area contributed by atoms with E-state index in [1.165, 1.54) is 0 Å². The molecule has 0 aliphatic heterocycles. The van der Waals surface area contributed by atoms with Crippen molar-refractivity contribution in [1.29, 1.82) is 0 Å². The van der Waals surface area contributed by atoms with Gasteiger partial charge in [-0.15, -0.1) is 0 Å². The Morgan fingerprint density at radius 1 is 1.32 bits per heavy atom. The van der Waals surface area contributed by atoms with Gasteiger partial charge in [0, 0.05) is 11.8 Å². The van der Waals surface area contributed by atoms with Crippen LogP contribution in [0.4, 0.5) is 5.82 Å². The zero-order valence-corrected chi connectivity index (χ0v) is 11.3. The van der Waals surface area contributed by atoms with Crippen LogP contribution in [-0.2, 0) is 0 Å². The number of hydrogen-bond donors (Lipinski definition) is 2. The lowest BCUT2D eigenvalue weighted by Crippen LogP contribution is -2.16. The van der Waals surface area contributed by atoms with Crippen molar-refractivity contribution in [3.63, 3.8) is 0 Å². The van der Waals surface area contributed by atoms with Crippen molar-refractivity contribution in [2.24, 2.45) is 5.73 Å². The molecule has 19 heavy (non-hydrogen) atoms. The van der Waals surface area contributed by atoms with Crippen molar-refractivity contribution in [1.82, 2.24) is 4.98 Å². The summed E-state index contributed by atoms with van der Waals surface area (Å²) in [5.74, 6) is 1.30. The highest BCUT2D eigenvalue weighted by molar-refractivity contribution is 5.50. The van der Waals surface area contributed by atoms with Crippen molar-refractivity contribution in [3.8, 4) is 5.75 Å². The van der Waals surface area contributed by atoms with E-state index >= 15 is 0 Å². The Balaban J connectivity index is 2.38. The smallest absolute Gasteiger partial charge is 0.128 e. The van der Waals surface area contributed by atoms with Crippen LogP contribution in [0.2, 0.25) is 0 Å². The number of aromatic nitrogens is 1. The molecule has 2 aromatic rings. The van der Waals surface area contributed by atoms with E-state index in [9.17, 15) is 0 Å². The Morgan fingerprint density at radius 2 is 2.11 bits per heavy atom. The molecule has 0 saturated heterocycles. The summed E-state index contributed by atoms with van der Waals surface area (Å²) in [6.45, 7) is 4.57. The molecule has 0 fully saturated rings. The standard InChI is InChI=1S/C15H19N3O/c1-3-19-12-6-4-5-11(9-12)14(16)13-10(2)7-8-18-15(13)17/h4-9,14H,3,16H2,1-2H3,(H2,17,18). The van der Waals surface area contributed by atoms with Gasteiger partial charge in [0.1, 0.15) is 11.6 Å². The number of rotatable bonds is 4. The number of aryl methyl sites for hydroxylation is 1. The average Bonchev–Trinajstić information content (AvgIpc) is 2.39. The number of nitrogen functional groups attached to an aromatic ring is 1. The van der Waals surface area contributed by atoms with Gasteiger partial charge in [-0.05, 0) is 43.2 Å². The van der Waals surface area contributed by atoms with E-state index in [4.69, 9.17) is 16.2 Å². The topological polar surface area (TPSA) is 74.2 Å². The second-order valence-electron chi connectivity index (χ2n) is 4.41. The molecule has 1 aromatic heterocycles. The van der Waals surface area contributed by atoms with Gasteiger partial charge in [0.15, 0.2) is 0 Å². The van der Waals surface area contributed by atoms with Gasteiger partial charge in [0.2, 0.25) is 0 Å². The molecule has 0 bridgehead atoms. The zero-order chi connectivity index (χ0) is 13.8. The SMILES string of the molecule is CCOc1cccc(C(N)c2c(C)ccnc2N)c1. The van der Waals surface area contributed by atoms with E-state index < -0.39 is 0 Å². The third-order valence-electron chi connectivity index (χ3n) is 3.08. The monoisotopic (exact) mass is 257 g/mol. The van der Waals surface area contributed by atoms with Gasteiger partial charge < -0.3 is 16.2 Å². The fourth-order valence-electron chi connectivity index (χ4n) is 2.13. The van der Waals surface area contributed by atoms with Crippen LogP contribution in [-0.4, -0.2) is 11.6 Å². The van der Waals surface area contributed by atoms with Crippen molar-refractivity contribution in [2.75, 3.05) is 12.3 Å². The maximum absolute atomic E-state index is 6.31. The summed E-state index contributed by atoms with van der Waals surface area (Å²) in [4.78, 5) is 4.11. The van der Waals surface area contributed by atoms with E-state index in [1.54, 1.807) is 6.20 Å². The molecule has 4 N–H and O–H groups in total. The molecule has 1 atom stereocenters. The largest absolute Gasteiger partial charge is 0.494 e. The molecule has 100 valence electrons. The third kappa shape index (κ3) is 2.85. The van der Waals surface area contributed by atoms with Crippen LogP contribution >= 0.6 is 0 Å². The van der Waals surface area contributed by atoms with Crippen molar-refractivity contribution in [2.45, 2.75) is 19.9 Å². The summed E-state index contributed by atoms with van der Waals surface area (Å²) in [5.41, 5.74) is 15.1. The van der Waals surface area contributed by atoms with Crippen LogP contribution in [0.25, 0.3) is 0 Å². The molecule has 0 spiro atoms. The first-order valence-electron chi connectivity index (χ1n) is 6.32. The Morgan fingerprint density at radius 3 is 2.79 bits per heavy atom. The number of benzene rings is 1. The van der Waals surface area contributed by atoms with Gasteiger partial charge >= 0.3 is 0 Å². The lowest BCUT2D eigenvalue weighted by atomic mass is 9.96. The Bertz CT molecular complexity index is 549. The molecule has 2 rings (SSSR count). The predicted octanol–water partition coefficient (Wildman–Crippen LogP) is 2.42. The van der Waals surface area contributed by atoms with Crippen molar-refractivity contribution in [3.05, 3.63) is 53.2 Å². The minimum Gasteiger partial charge on any atom is -0.494 e. The lowest BCUT2D eigenvalue weighted by molar-refractivity contribution is 0.340. The number of nitrogens with two attached hydrogens (primary N) is 2. The van der Waals surface area contributed by atoms with Gasteiger partial charge in [-0.25, -0.2) is 4.98 Å². The maximum atomic E-state index is 6.31. The summed E-state index contributed by atoms with van der Waals surface area (Å²) in [6.07, 6.45) is 1.69. The highest BCUT2D eigenvalue weighted by Crippen LogP contribution is 2.28. The van der Waals surface area contributed by atoms with Crippen LogP contribution in [0, 0.1) is 6.92 Å². The number of anilines is 1. The van der Waals surface area contributed by atoms with Crippen molar-refractivity contribution >= 4 is 5.82 Å². The summed E-state index contributed by atoms with van der Waals surface area (Å²) in [7, 11) is 0. The first-order chi connectivity index (χ1) is 9.13. The number of nitrogens with zero attached hydrogens (tertiary/aromatic N) is 1. The molecule has 0 radical (unpaired) electrons. The summed E-state index contributed by atoms with van der Waals surface area (Å²) in [6, 6.07) is 9.38. The van der Waals surface area contributed by atoms with Crippen LogP contribution in [0.3, 0.4) is 0 Å². The second kappa shape index (κ2) is 5.71. The zero-order valence-electron chi connectivity index (χ0n) is 11.3. The molecule has 0 saturated carbocycles. The first-order valence-corrected chi connectivity index (χ1v) is 6.32. The van der Waals surface area contributed by atoms with Gasteiger partial charge in [0.25, 0.3) is 0 Å². The molecule has 0 amide bonds. The van der Waals surface area contributed by atoms with E-state index in [0.717, 1.165) is 22.4 Å². The van der Waals surface area contributed by atoms with Gasteiger partial charge in [-0.3, -0.25) is 0 Å². The molecular formula is C15H19N3O. The molecule has 4 heteroatoms. The summed E-state index contributed by atoms with van der Waals surface area (Å²) >= 11 is 0. The molecule has 0 aliphatic rings. The van der Waals surface area contributed by atoms with Crippen LogP contribution in [0.1, 0.15) is 29.7 Å². The highest BCUT2D eigenvalue weighted by Gasteiger charge is 2.15. The minimum absolute atomic E-state index is 0.297. The van der Waals surface area contributed by atoms with E-state index in [2.05, 4.69) is 4.98 Å². The quantitative estimate of drug-likeness (QED) is 0.882. The van der Waals surface area contributed by atoms with Crippen LogP contribution in [0.15, 0.2) is 36.5 Å². The third-order valence-corrected chi connectivity index (χ3v) is 3.08. The molecule has 0 aliphatic carbocycles.